The number of benzene rings is 2. The zero-order valence-corrected chi connectivity index (χ0v) is 21.7. The molecule has 8 heteroatoms. The summed E-state index contributed by atoms with van der Waals surface area (Å²) in [5.41, 5.74) is 2.51. The molecule has 0 N–H and O–H groups in total. The first-order valence-electron chi connectivity index (χ1n) is 11.1. The van der Waals surface area contributed by atoms with Gasteiger partial charge >= 0.3 is 0 Å². The molecule has 0 bridgehead atoms. The molecule has 180 valence electrons. The van der Waals surface area contributed by atoms with Crippen LogP contribution in [0.15, 0.2) is 36.4 Å². The number of halogens is 1. The van der Waals surface area contributed by atoms with Gasteiger partial charge in [0, 0.05) is 18.7 Å². The fourth-order valence-electron chi connectivity index (χ4n) is 3.38. The second kappa shape index (κ2) is 12.8. The fraction of sp³-hybridized carbons (Fsp3) is 0.440. The second-order valence-electron chi connectivity index (χ2n) is 8.10. The number of aromatic nitrogens is 1. The quantitative estimate of drug-likeness (QED) is 0.317. The molecule has 1 heterocycles. The van der Waals surface area contributed by atoms with Crippen LogP contribution in [-0.4, -0.2) is 56.7 Å². The van der Waals surface area contributed by atoms with Gasteiger partial charge in [0.05, 0.1) is 18.4 Å². The molecule has 0 atom stereocenters. The number of hydrogen-bond acceptors (Lipinski definition) is 6. The maximum atomic E-state index is 13.6. The fourth-order valence-corrected chi connectivity index (χ4v) is 4.46. The lowest BCUT2D eigenvalue weighted by molar-refractivity contribution is 0.0984. The molecule has 0 fully saturated rings. The van der Waals surface area contributed by atoms with Crippen molar-refractivity contribution in [3.05, 3.63) is 47.5 Å². The number of hydrogen-bond donors (Lipinski definition) is 0. The van der Waals surface area contributed by atoms with Crippen molar-refractivity contribution >= 4 is 45.0 Å². The largest absolute Gasteiger partial charge is 0.494 e. The van der Waals surface area contributed by atoms with Gasteiger partial charge in [-0.25, -0.2) is 4.98 Å². The van der Waals surface area contributed by atoms with E-state index in [2.05, 4.69) is 18.7 Å². The molecule has 3 rings (SSSR count). The Hall–Kier alpha value is -2.35. The summed E-state index contributed by atoms with van der Waals surface area (Å²) < 4.78 is 12.4. The Bertz CT molecular complexity index is 1050. The van der Waals surface area contributed by atoms with Crippen molar-refractivity contribution < 1.29 is 14.3 Å². The maximum Gasteiger partial charge on any atom is 0.260 e. The third-order valence-electron chi connectivity index (χ3n) is 5.26. The minimum atomic E-state index is -0.0819. The van der Waals surface area contributed by atoms with Crippen molar-refractivity contribution in [2.45, 2.75) is 33.1 Å². The molecule has 2 aromatic carbocycles. The highest BCUT2D eigenvalue weighted by Crippen LogP contribution is 2.37. The van der Waals surface area contributed by atoms with Gasteiger partial charge in [-0.15, -0.1) is 12.4 Å². The number of rotatable bonds is 11. The molecule has 0 saturated carbocycles. The Morgan fingerprint density at radius 1 is 1.12 bits per heavy atom. The van der Waals surface area contributed by atoms with Crippen molar-refractivity contribution in [3.63, 3.8) is 0 Å². The van der Waals surface area contributed by atoms with Crippen molar-refractivity contribution in [1.82, 2.24) is 9.88 Å². The van der Waals surface area contributed by atoms with Crippen LogP contribution in [0.1, 0.15) is 42.1 Å². The molecule has 0 unspecified atom stereocenters. The van der Waals surface area contributed by atoms with E-state index in [0.717, 1.165) is 53.1 Å². The topological polar surface area (TPSA) is 54.9 Å². The zero-order chi connectivity index (χ0) is 23.1. The summed E-state index contributed by atoms with van der Waals surface area (Å²) in [4.78, 5) is 22.2. The maximum absolute atomic E-state index is 13.6. The summed E-state index contributed by atoms with van der Waals surface area (Å²) in [6.45, 7) is 6.14. The molecule has 0 aliphatic carbocycles. The van der Waals surface area contributed by atoms with Gasteiger partial charge in [-0.05, 0) is 57.3 Å². The van der Waals surface area contributed by atoms with Crippen molar-refractivity contribution in [1.29, 1.82) is 0 Å². The zero-order valence-electron chi connectivity index (χ0n) is 20.1. The van der Waals surface area contributed by atoms with E-state index in [0.29, 0.717) is 23.8 Å². The molecule has 33 heavy (non-hydrogen) atoms. The minimum absolute atomic E-state index is 0. The Kier molecular flexibility index (Phi) is 10.4. The van der Waals surface area contributed by atoms with Gasteiger partial charge in [0.25, 0.3) is 5.91 Å². The van der Waals surface area contributed by atoms with Crippen molar-refractivity contribution in [2.75, 3.05) is 45.8 Å². The number of carbonyl (C=O) groups excluding carboxylic acids is 1. The van der Waals surface area contributed by atoms with Crippen LogP contribution in [0, 0.1) is 6.92 Å². The molecule has 0 radical (unpaired) electrons. The van der Waals surface area contributed by atoms with Crippen LogP contribution in [0.25, 0.3) is 10.2 Å². The van der Waals surface area contributed by atoms with Crippen molar-refractivity contribution in [3.8, 4) is 11.5 Å². The van der Waals surface area contributed by atoms with Gasteiger partial charge in [0.1, 0.15) is 17.0 Å². The number of likely N-dealkylation sites (N-methyl/N-ethyl adjacent to an activating group) is 1. The molecule has 0 aliphatic rings. The van der Waals surface area contributed by atoms with E-state index in [1.807, 2.05) is 50.5 Å². The van der Waals surface area contributed by atoms with E-state index in [1.165, 1.54) is 11.3 Å². The molecule has 1 aromatic heterocycles. The van der Waals surface area contributed by atoms with Crippen LogP contribution in [-0.2, 0) is 0 Å². The highest BCUT2D eigenvalue weighted by molar-refractivity contribution is 7.22. The lowest BCUT2D eigenvalue weighted by atomic mass is 10.2. The lowest BCUT2D eigenvalue weighted by Gasteiger charge is -2.22. The molecular weight excluding hydrogens is 458 g/mol. The summed E-state index contributed by atoms with van der Waals surface area (Å²) in [7, 11) is 5.64. The van der Waals surface area contributed by atoms with Crippen LogP contribution < -0.4 is 14.4 Å². The minimum Gasteiger partial charge on any atom is -0.494 e. The highest BCUT2D eigenvalue weighted by atomic mass is 35.5. The first kappa shape index (κ1) is 26.9. The third-order valence-corrected chi connectivity index (χ3v) is 6.47. The Labute approximate surface area is 206 Å². The van der Waals surface area contributed by atoms with E-state index < -0.39 is 0 Å². The molecule has 3 aromatic rings. The Morgan fingerprint density at radius 2 is 1.91 bits per heavy atom. The summed E-state index contributed by atoms with van der Waals surface area (Å²) in [5, 5.41) is 0.675. The molecule has 0 spiro atoms. The normalized spacial score (nSPS) is 10.8. The third kappa shape index (κ3) is 6.82. The molecule has 0 aliphatic heterocycles. The Balaban J connectivity index is 0.00000385. The van der Waals surface area contributed by atoms with Gasteiger partial charge in [0.15, 0.2) is 5.13 Å². The number of anilines is 1. The second-order valence-corrected chi connectivity index (χ2v) is 9.08. The van der Waals surface area contributed by atoms with Gasteiger partial charge < -0.3 is 14.4 Å². The predicted molar refractivity (Wildman–Crippen MR) is 140 cm³/mol. The number of amides is 1. The smallest absolute Gasteiger partial charge is 0.260 e. The van der Waals surface area contributed by atoms with Crippen LogP contribution in [0.3, 0.4) is 0 Å². The lowest BCUT2D eigenvalue weighted by Crippen LogP contribution is -2.36. The summed E-state index contributed by atoms with van der Waals surface area (Å²) in [6.07, 6.45) is 3.29. The van der Waals surface area contributed by atoms with E-state index in [1.54, 1.807) is 12.0 Å². The first-order valence-corrected chi connectivity index (χ1v) is 11.9. The van der Waals surface area contributed by atoms with E-state index in [9.17, 15) is 4.79 Å². The number of thiazole rings is 1. The average molecular weight is 492 g/mol. The van der Waals surface area contributed by atoms with Crippen LogP contribution >= 0.6 is 23.7 Å². The number of methoxy groups -OCH3 is 1. The number of carbonyl (C=O) groups is 1. The van der Waals surface area contributed by atoms with Gasteiger partial charge in [-0.2, -0.15) is 0 Å². The van der Waals surface area contributed by atoms with E-state index in [-0.39, 0.29) is 18.3 Å². The summed E-state index contributed by atoms with van der Waals surface area (Å²) >= 11 is 1.52. The molecular formula is C25H34ClN3O3S. The van der Waals surface area contributed by atoms with Crippen molar-refractivity contribution in [2.24, 2.45) is 0 Å². The van der Waals surface area contributed by atoms with Gasteiger partial charge in [-0.3, -0.25) is 9.69 Å². The number of unbranched alkanes of at least 4 members (excludes halogenated alkanes) is 2. The van der Waals surface area contributed by atoms with Crippen LogP contribution in [0.5, 0.6) is 11.5 Å². The summed E-state index contributed by atoms with van der Waals surface area (Å²) in [6, 6.07) is 11.4. The standard InChI is InChI=1S/C25H33N3O3S.ClH/c1-6-7-8-16-31-20-11-9-10-19(17-20)24(29)28(15-14-27(3)4)25-26-22-21(30-5)13-12-18(2)23(22)32-25;/h9-13,17H,6-8,14-16H2,1-5H3;1H. The van der Waals surface area contributed by atoms with Crippen LogP contribution in [0.2, 0.25) is 0 Å². The highest BCUT2D eigenvalue weighted by Gasteiger charge is 2.23. The molecule has 1 amide bonds. The number of nitrogens with zero attached hydrogens (tertiary/aromatic N) is 3. The van der Waals surface area contributed by atoms with Crippen LogP contribution in [0.4, 0.5) is 5.13 Å². The SMILES string of the molecule is CCCCCOc1cccc(C(=O)N(CCN(C)C)c2nc3c(OC)ccc(C)c3s2)c1.Cl. The predicted octanol–water partition coefficient (Wildman–Crippen LogP) is 5.81. The van der Waals surface area contributed by atoms with Gasteiger partial charge in [0.2, 0.25) is 0 Å². The first-order chi connectivity index (χ1) is 15.4. The monoisotopic (exact) mass is 491 g/mol. The summed E-state index contributed by atoms with van der Waals surface area (Å²) in [5.74, 6) is 1.36. The van der Waals surface area contributed by atoms with E-state index in [4.69, 9.17) is 14.5 Å². The Morgan fingerprint density at radius 3 is 2.61 bits per heavy atom. The van der Waals surface area contributed by atoms with Gasteiger partial charge in [-0.1, -0.05) is 43.2 Å². The van der Waals surface area contributed by atoms with E-state index >= 15 is 0 Å². The molecule has 6 nitrogen and oxygen atoms in total. The number of ether oxygens (including phenoxy) is 2. The number of fused-ring (bicyclic) bond motifs is 1. The average Bonchev–Trinajstić information content (AvgIpc) is 3.23. The number of aryl methyl sites for hydroxylation is 1. The molecule has 0 saturated heterocycles.